The zero-order valence-electron chi connectivity index (χ0n) is 15.9. The SMILES string of the molecule is CC[C@H](C)N1C(=O)[C@@H]2[C@@H](C(C)C)N[C@@]3(C(=O)Nc4c(Cl)cccc43)[C@@H]2C1=O. The molecule has 144 valence electrons. The van der Waals surface area contributed by atoms with Crippen LogP contribution < -0.4 is 10.6 Å². The molecule has 0 saturated carbocycles. The van der Waals surface area contributed by atoms with Gasteiger partial charge in [-0.25, -0.2) is 0 Å². The number of fused-ring (bicyclic) bond motifs is 4. The first-order chi connectivity index (χ1) is 12.8. The third-order valence-corrected chi connectivity index (χ3v) is 6.73. The molecule has 2 N–H and O–H groups in total. The molecule has 6 nitrogen and oxygen atoms in total. The Kier molecular flexibility index (Phi) is 4.13. The standard InChI is InChI=1S/C20H24ClN3O3/c1-5-10(4)24-17(25)13-14(18(24)26)20(23-15(13)9(2)3)11-7-6-8-12(21)16(11)22-19(20)27/h6-10,13-15,23H,5H2,1-4H3,(H,22,27)/t10-,13-,14-,15+,20+/m0/s1. The van der Waals surface area contributed by atoms with E-state index in [1.54, 1.807) is 12.1 Å². The van der Waals surface area contributed by atoms with Crippen molar-refractivity contribution in [3.05, 3.63) is 28.8 Å². The normalized spacial score (nSPS) is 33.0. The summed E-state index contributed by atoms with van der Waals surface area (Å²) in [6.07, 6.45) is 0.679. The average molecular weight is 390 g/mol. The number of hydrogen-bond donors (Lipinski definition) is 2. The smallest absolute Gasteiger partial charge is 0.250 e. The number of nitrogens with one attached hydrogen (secondary N) is 2. The first kappa shape index (κ1) is 18.4. The summed E-state index contributed by atoms with van der Waals surface area (Å²) in [6.45, 7) is 7.83. The number of carbonyl (C=O) groups is 3. The Labute approximate surface area is 163 Å². The van der Waals surface area contributed by atoms with Gasteiger partial charge in [-0.2, -0.15) is 0 Å². The largest absolute Gasteiger partial charge is 0.323 e. The Bertz CT molecular complexity index is 855. The highest BCUT2D eigenvalue weighted by Crippen LogP contribution is 2.55. The van der Waals surface area contributed by atoms with Crippen LogP contribution in [0.15, 0.2) is 18.2 Å². The second kappa shape index (κ2) is 6.04. The minimum atomic E-state index is -1.26. The zero-order valence-corrected chi connectivity index (χ0v) is 16.6. The molecule has 1 aromatic rings. The van der Waals surface area contributed by atoms with Crippen LogP contribution in [-0.2, 0) is 19.9 Å². The van der Waals surface area contributed by atoms with Crippen LogP contribution in [0.4, 0.5) is 5.69 Å². The van der Waals surface area contributed by atoms with Crippen LogP contribution in [0.5, 0.6) is 0 Å². The molecule has 27 heavy (non-hydrogen) atoms. The number of halogens is 1. The molecule has 3 heterocycles. The molecule has 0 radical (unpaired) electrons. The van der Waals surface area contributed by atoms with Gasteiger partial charge in [0, 0.05) is 17.6 Å². The van der Waals surface area contributed by atoms with Gasteiger partial charge >= 0.3 is 0 Å². The van der Waals surface area contributed by atoms with E-state index in [0.29, 0.717) is 22.7 Å². The molecule has 0 aliphatic carbocycles. The van der Waals surface area contributed by atoms with E-state index >= 15 is 0 Å². The molecule has 1 aromatic carbocycles. The number of benzene rings is 1. The summed E-state index contributed by atoms with van der Waals surface area (Å²) in [6, 6.07) is 4.84. The first-order valence-corrected chi connectivity index (χ1v) is 9.88. The number of rotatable bonds is 3. The number of imide groups is 1. The summed E-state index contributed by atoms with van der Waals surface area (Å²) >= 11 is 6.30. The number of para-hydroxylation sites is 1. The van der Waals surface area contributed by atoms with Crippen molar-refractivity contribution in [1.29, 1.82) is 0 Å². The Balaban J connectivity index is 1.92. The molecule has 0 bridgehead atoms. The molecular weight excluding hydrogens is 366 g/mol. The summed E-state index contributed by atoms with van der Waals surface area (Å²) in [4.78, 5) is 41.2. The van der Waals surface area contributed by atoms with E-state index in [4.69, 9.17) is 11.6 Å². The average Bonchev–Trinajstić information content (AvgIpc) is 3.21. The topological polar surface area (TPSA) is 78.5 Å². The van der Waals surface area contributed by atoms with E-state index in [1.165, 1.54) is 4.90 Å². The van der Waals surface area contributed by atoms with Crippen molar-refractivity contribution in [2.75, 3.05) is 5.32 Å². The highest BCUT2D eigenvalue weighted by molar-refractivity contribution is 6.35. The van der Waals surface area contributed by atoms with Gasteiger partial charge in [-0.05, 0) is 25.3 Å². The predicted molar refractivity (Wildman–Crippen MR) is 102 cm³/mol. The molecular formula is C20H24ClN3O3. The van der Waals surface area contributed by atoms with E-state index in [-0.39, 0.29) is 35.7 Å². The minimum absolute atomic E-state index is 0.0848. The fourth-order valence-corrected chi connectivity index (χ4v) is 5.16. The summed E-state index contributed by atoms with van der Waals surface area (Å²) in [7, 11) is 0. The van der Waals surface area contributed by atoms with Crippen molar-refractivity contribution in [2.24, 2.45) is 17.8 Å². The van der Waals surface area contributed by atoms with Gasteiger partial charge in [0.15, 0.2) is 0 Å². The molecule has 2 fully saturated rings. The molecule has 2 saturated heterocycles. The number of anilines is 1. The monoisotopic (exact) mass is 389 g/mol. The van der Waals surface area contributed by atoms with E-state index < -0.39 is 17.4 Å². The van der Waals surface area contributed by atoms with Crippen LogP contribution in [0.3, 0.4) is 0 Å². The highest BCUT2D eigenvalue weighted by Gasteiger charge is 2.71. The second-order valence-electron chi connectivity index (χ2n) is 8.15. The van der Waals surface area contributed by atoms with E-state index in [9.17, 15) is 14.4 Å². The molecule has 0 aromatic heterocycles. The van der Waals surface area contributed by atoms with Gasteiger partial charge < -0.3 is 5.32 Å². The molecule has 3 aliphatic heterocycles. The van der Waals surface area contributed by atoms with Crippen molar-refractivity contribution in [3.8, 4) is 0 Å². The lowest BCUT2D eigenvalue weighted by Crippen LogP contribution is -2.54. The summed E-state index contributed by atoms with van der Waals surface area (Å²) in [5, 5.41) is 6.68. The van der Waals surface area contributed by atoms with Crippen molar-refractivity contribution in [2.45, 2.75) is 51.7 Å². The van der Waals surface area contributed by atoms with Crippen LogP contribution in [0.1, 0.15) is 39.7 Å². The maximum atomic E-state index is 13.4. The lowest BCUT2D eigenvalue weighted by Gasteiger charge is -2.31. The van der Waals surface area contributed by atoms with Gasteiger partial charge in [0.1, 0.15) is 5.54 Å². The molecule has 1 spiro atoms. The fraction of sp³-hybridized carbons (Fsp3) is 0.550. The Morgan fingerprint density at radius 2 is 1.89 bits per heavy atom. The van der Waals surface area contributed by atoms with Gasteiger partial charge in [0.2, 0.25) is 17.7 Å². The van der Waals surface area contributed by atoms with E-state index in [1.807, 2.05) is 33.8 Å². The summed E-state index contributed by atoms with van der Waals surface area (Å²) < 4.78 is 0. The predicted octanol–water partition coefficient (Wildman–Crippen LogP) is 2.51. The minimum Gasteiger partial charge on any atom is -0.323 e. The number of carbonyl (C=O) groups excluding carboxylic acids is 3. The third-order valence-electron chi connectivity index (χ3n) is 6.42. The Morgan fingerprint density at radius 1 is 1.19 bits per heavy atom. The lowest BCUT2D eigenvalue weighted by atomic mass is 9.76. The van der Waals surface area contributed by atoms with Gasteiger partial charge in [-0.15, -0.1) is 0 Å². The maximum Gasteiger partial charge on any atom is 0.250 e. The number of nitrogens with zero attached hydrogens (tertiary/aromatic N) is 1. The van der Waals surface area contributed by atoms with Gasteiger partial charge in [0.05, 0.1) is 22.5 Å². The first-order valence-electron chi connectivity index (χ1n) is 9.50. The lowest BCUT2D eigenvalue weighted by molar-refractivity contribution is -0.145. The number of likely N-dealkylation sites (tertiary alicyclic amines) is 1. The molecule has 7 heteroatoms. The fourth-order valence-electron chi connectivity index (χ4n) is 4.94. The molecule has 0 unspecified atom stereocenters. The van der Waals surface area contributed by atoms with Crippen LogP contribution in [0, 0.1) is 17.8 Å². The molecule has 4 rings (SSSR count). The highest BCUT2D eigenvalue weighted by atomic mass is 35.5. The number of amides is 3. The Morgan fingerprint density at radius 3 is 2.52 bits per heavy atom. The van der Waals surface area contributed by atoms with Gasteiger partial charge in [-0.1, -0.05) is 44.5 Å². The number of hydrogen-bond acceptors (Lipinski definition) is 4. The van der Waals surface area contributed by atoms with Crippen molar-refractivity contribution < 1.29 is 14.4 Å². The molecule has 3 amide bonds. The summed E-state index contributed by atoms with van der Waals surface area (Å²) in [5.74, 6) is -1.98. The maximum absolute atomic E-state index is 13.4. The molecule has 5 atom stereocenters. The quantitative estimate of drug-likeness (QED) is 0.778. The van der Waals surface area contributed by atoms with E-state index in [2.05, 4.69) is 10.6 Å². The van der Waals surface area contributed by atoms with Crippen molar-refractivity contribution in [1.82, 2.24) is 10.2 Å². The van der Waals surface area contributed by atoms with Crippen molar-refractivity contribution in [3.63, 3.8) is 0 Å². The Hall–Kier alpha value is -1.92. The van der Waals surface area contributed by atoms with Crippen molar-refractivity contribution >= 4 is 35.0 Å². The van der Waals surface area contributed by atoms with Gasteiger partial charge in [0.25, 0.3) is 0 Å². The van der Waals surface area contributed by atoms with Crippen LogP contribution in [-0.4, -0.2) is 34.7 Å². The van der Waals surface area contributed by atoms with E-state index in [0.717, 1.165) is 0 Å². The van der Waals surface area contributed by atoms with Crippen LogP contribution >= 0.6 is 11.6 Å². The third kappa shape index (κ3) is 2.20. The zero-order chi connectivity index (χ0) is 19.7. The van der Waals surface area contributed by atoms with Crippen LogP contribution in [0.2, 0.25) is 5.02 Å². The van der Waals surface area contributed by atoms with Crippen LogP contribution in [0.25, 0.3) is 0 Å². The second-order valence-corrected chi connectivity index (χ2v) is 8.55. The summed E-state index contributed by atoms with van der Waals surface area (Å²) in [5.41, 5.74) is -0.0678. The van der Waals surface area contributed by atoms with Gasteiger partial charge in [-0.3, -0.25) is 24.6 Å². The molecule has 3 aliphatic rings.